The van der Waals surface area contributed by atoms with Crippen LogP contribution in [0.1, 0.15) is 24.8 Å². The molecule has 4 nitrogen and oxygen atoms in total. The molecule has 2 rings (SSSR count). The fraction of sp³-hybridized carbons (Fsp3) is 0.500. The lowest BCUT2D eigenvalue weighted by atomic mass is 9.94. The first-order valence-electron chi connectivity index (χ1n) is 5.87. The molecule has 1 fully saturated rings. The Labute approximate surface area is 107 Å². The molecule has 2 N–H and O–H groups in total. The van der Waals surface area contributed by atoms with Gasteiger partial charge in [-0.25, -0.2) is 12.8 Å². The number of sulfonamides is 1. The van der Waals surface area contributed by atoms with Crippen LogP contribution in [0.5, 0.6) is 0 Å². The average Bonchev–Trinajstić information content (AvgIpc) is 2.20. The molecule has 0 saturated heterocycles. The summed E-state index contributed by atoms with van der Waals surface area (Å²) in [5.74, 6) is -0.587. The highest BCUT2D eigenvalue weighted by Crippen LogP contribution is 2.31. The van der Waals surface area contributed by atoms with Gasteiger partial charge in [0.25, 0.3) is 0 Å². The topological polar surface area (TPSA) is 63.4 Å². The molecule has 1 aromatic rings. The number of hydrogen-bond donors (Lipinski definition) is 1. The van der Waals surface area contributed by atoms with E-state index in [0.29, 0.717) is 0 Å². The number of nitrogen functional groups attached to an aromatic ring is 1. The number of halogens is 1. The van der Waals surface area contributed by atoms with Gasteiger partial charge in [0.05, 0.1) is 4.90 Å². The second-order valence-corrected chi connectivity index (χ2v) is 6.70. The van der Waals surface area contributed by atoms with Gasteiger partial charge in [-0.2, -0.15) is 4.31 Å². The molecular weight excluding hydrogens is 255 g/mol. The predicted octanol–water partition coefficient (Wildman–Crippen LogP) is 1.89. The highest BCUT2D eigenvalue weighted by Gasteiger charge is 2.33. The number of nitrogens with zero attached hydrogens (tertiary/aromatic N) is 1. The lowest BCUT2D eigenvalue weighted by Gasteiger charge is -2.34. The van der Waals surface area contributed by atoms with Crippen molar-refractivity contribution in [3.63, 3.8) is 0 Å². The van der Waals surface area contributed by atoms with Crippen LogP contribution in [-0.2, 0) is 10.0 Å². The molecule has 0 unspecified atom stereocenters. The van der Waals surface area contributed by atoms with Gasteiger partial charge in [-0.1, -0.05) is 6.42 Å². The maximum atomic E-state index is 13.6. The first-order valence-corrected chi connectivity index (χ1v) is 7.31. The van der Waals surface area contributed by atoms with E-state index >= 15 is 0 Å². The Hall–Kier alpha value is -1.14. The zero-order valence-corrected chi connectivity index (χ0v) is 11.3. The Bertz CT molecular complexity index is 568. The molecule has 18 heavy (non-hydrogen) atoms. The molecule has 0 amide bonds. The third-order valence-corrected chi connectivity index (χ3v) is 5.60. The van der Waals surface area contributed by atoms with E-state index < -0.39 is 15.8 Å². The van der Waals surface area contributed by atoms with Crippen molar-refractivity contribution >= 4 is 15.7 Å². The van der Waals surface area contributed by atoms with E-state index in [-0.39, 0.29) is 22.2 Å². The van der Waals surface area contributed by atoms with Crippen molar-refractivity contribution in [1.82, 2.24) is 4.31 Å². The Morgan fingerprint density at radius 3 is 2.50 bits per heavy atom. The van der Waals surface area contributed by atoms with Crippen molar-refractivity contribution in [2.75, 3.05) is 12.8 Å². The van der Waals surface area contributed by atoms with Crippen LogP contribution >= 0.6 is 0 Å². The van der Waals surface area contributed by atoms with Crippen LogP contribution in [0.15, 0.2) is 17.0 Å². The van der Waals surface area contributed by atoms with E-state index in [1.807, 2.05) is 0 Å². The molecule has 0 spiro atoms. The average molecular weight is 272 g/mol. The number of anilines is 1. The molecule has 0 aromatic heterocycles. The highest BCUT2D eigenvalue weighted by molar-refractivity contribution is 7.89. The molecule has 0 heterocycles. The summed E-state index contributed by atoms with van der Waals surface area (Å²) in [6.45, 7) is 1.45. The summed E-state index contributed by atoms with van der Waals surface area (Å²) >= 11 is 0. The number of rotatable bonds is 3. The molecule has 100 valence electrons. The van der Waals surface area contributed by atoms with Crippen molar-refractivity contribution in [3.05, 3.63) is 23.5 Å². The standard InChI is InChI=1S/C12H17FN2O2S/c1-8-11(13)6-9(14)7-12(8)18(16,17)15(2)10-4-3-5-10/h6-7,10H,3-5,14H2,1-2H3. The minimum Gasteiger partial charge on any atom is -0.399 e. The van der Waals surface area contributed by atoms with Crippen molar-refractivity contribution in [2.45, 2.75) is 37.1 Å². The van der Waals surface area contributed by atoms with Gasteiger partial charge in [0.2, 0.25) is 10.0 Å². The monoisotopic (exact) mass is 272 g/mol. The zero-order valence-electron chi connectivity index (χ0n) is 10.5. The lowest BCUT2D eigenvalue weighted by Crippen LogP contribution is -2.41. The Morgan fingerprint density at radius 2 is 2.00 bits per heavy atom. The van der Waals surface area contributed by atoms with Crippen LogP contribution < -0.4 is 5.73 Å². The van der Waals surface area contributed by atoms with Gasteiger partial charge < -0.3 is 5.73 Å². The third kappa shape index (κ3) is 2.10. The molecule has 1 aliphatic carbocycles. The molecular formula is C12H17FN2O2S. The van der Waals surface area contributed by atoms with Crippen LogP contribution in [0.3, 0.4) is 0 Å². The molecule has 1 aromatic carbocycles. The van der Waals surface area contributed by atoms with E-state index in [9.17, 15) is 12.8 Å². The summed E-state index contributed by atoms with van der Waals surface area (Å²) in [5.41, 5.74) is 5.77. The van der Waals surface area contributed by atoms with Gasteiger partial charge in [-0.15, -0.1) is 0 Å². The quantitative estimate of drug-likeness (QED) is 0.855. The smallest absolute Gasteiger partial charge is 0.243 e. The van der Waals surface area contributed by atoms with E-state index in [4.69, 9.17) is 5.73 Å². The number of nitrogens with two attached hydrogens (primary N) is 1. The van der Waals surface area contributed by atoms with Crippen LogP contribution in [-0.4, -0.2) is 25.8 Å². The first kappa shape index (κ1) is 13.3. The molecule has 0 aliphatic heterocycles. The summed E-state index contributed by atoms with van der Waals surface area (Å²) < 4.78 is 39.7. The maximum Gasteiger partial charge on any atom is 0.243 e. The third-order valence-electron chi connectivity index (χ3n) is 3.56. The Kier molecular flexibility index (Phi) is 3.33. The van der Waals surface area contributed by atoms with Gasteiger partial charge in [-0.3, -0.25) is 0 Å². The lowest BCUT2D eigenvalue weighted by molar-refractivity contribution is 0.249. The van der Waals surface area contributed by atoms with E-state index in [1.54, 1.807) is 7.05 Å². The van der Waals surface area contributed by atoms with Gasteiger partial charge in [0, 0.05) is 24.3 Å². The summed E-state index contributed by atoms with van der Waals surface area (Å²) in [5, 5.41) is 0. The van der Waals surface area contributed by atoms with Gasteiger partial charge >= 0.3 is 0 Å². The Morgan fingerprint density at radius 1 is 1.39 bits per heavy atom. The largest absolute Gasteiger partial charge is 0.399 e. The van der Waals surface area contributed by atoms with Crippen molar-refractivity contribution in [2.24, 2.45) is 0 Å². The zero-order chi connectivity index (χ0) is 13.5. The van der Waals surface area contributed by atoms with Crippen LogP contribution in [0.25, 0.3) is 0 Å². The minimum atomic E-state index is -3.66. The molecule has 6 heteroatoms. The molecule has 0 atom stereocenters. The normalized spacial score (nSPS) is 16.9. The summed E-state index contributed by atoms with van der Waals surface area (Å²) in [6, 6.07) is 2.49. The van der Waals surface area contributed by atoms with Gasteiger partial charge in [0.1, 0.15) is 5.82 Å². The highest BCUT2D eigenvalue weighted by atomic mass is 32.2. The predicted molar refractivity (Wildman–Crippen MR) is 68.1 cm³/mol. The fourth-order valence-corrected chi connectivity index (χ4v) is 3.73. The maximum absolute atomic E-state index is 13.6. The van der Waals surface area contributed by atoms with E-state index in [1.165, 1.54) is 17.3 Å². The Balaban J connectivity index is 2.46. The van der Waals surface area contributed by atoms with Crippen LogP contribution in [0, 0.1) is 12.7 Å². The second-order valence-electron chi connectivity index (χ2n) is 4.73. The van der Waals surface area contributed by atoms with Crippen LogP contribution in [0.4, 0.5) is 10.1 Å². The molecule has 1 aliphatic rings. The number of hydrogen-bond acceptors (Lipinski definition) is 3. The van der Waals surface area contributed by atoms with Crippen LogP contribution in [0.2, 0.25) is 0 Å². The van der Waals surface area contributed by atoms with E-state index in [0.717, 1.165) is 25.3 Å². The minimum absolute atomic E-state index is 0.0268. The summed E-state index contributed by atoms with van der Waals surface area (Å²) in [7, 11) is -2.12. The fourth-order valence-electron chi connectivity index (χ4n) is 2.04. The van der Waals surface area contributed by atoms with Gasteiger partial charge in [0.15, 0.2) is 0 Å². The summed E-state index contributed by atoms with van der Waals surface area (Å²) in [6.07, 6.45) is 2.76. The number of benzene rings is 1. The van der Waals surface area contributed by atoms with Crippen molar-refractivity contribution < 1.29 is 12.8 Å². The second kappa shape index (κ2) is 4.51. The van der Waals surface area contributed by atoms with Gasteiger partial charge in [-0.05, 0) is 31.9 Å². The molecule has 0 bridgehead atoms. The molecule has 1 saturated carbocycles. The van der Waals surface area contributed by atoms with Crippen molar-refractivity contribution in [1.29, 1.82) is 0 Å². The van der Waals surface area contributed by atoms with E-state index in [2.05, 4.69) is 0 Å². The summed E-state index contributed by atoms with van der Waals surface area (Å²) in [4.78, 5) is -0.0330. The SMILES string of the molecule is Cc1c(F)cc(N)cc1S(=O)(=O)N(C)C1CCC1. The molecule has 0 radical (unpaired) electrons. The first-order chi connectivity index (χ1) is 8.34. The van der Waals surface area contributed by atoms with Crippen molar-refractivity contribution in [3.8, 4) is 0 Å².